The van der Waals surface area contributed by atoms with Crippen LogP contribution in [-0.2, 0) is 0 Å². The topological polar surface area (TPSA) is 58.1 Å². The van der Waals surface area contributed by atoms with E-state index in [1.807, 2.05) is 37.3 Å². The Balaban J connectivity index is 2.12. The summed E-state index contributed by atoms with van der Waals surface area (Å²) in [5, 5.41) is 2.70. The van der Waals surface area contributed by atoms with Crippen LogP contribution in [0.4, 0.5) is 16.3 Å². The number of rotatable bonds is 3. The van der Waals surface area contributed by atoms with Gasteiger partial charge in [-0.15, -0.1) is 0 Å². The van der Waals surface area contributed by atoms with Gasteiger partial charge in [-0.05, 0) is 19.1 Å². The molecule has 0 atom stereocenters. The van der Waals surface area contributed by atoms with Gasteiger partial charge in [0.1, 0.15) is 0 Å². The van der Waals surface area contributed by atoms with Crippen molar-refractivity contribution in [2.45, 2.75) is 6.92 Å². The quantitative estimate of drug-likeness (QED) is 0.899. The maximum Gasteiger partial charge on any atom is 0.327 e. The van der Waals surface area contributed by atoms with Crippen molar-refractivity contribution in [2.24, 2.45) is 0 Å². The van der Waals surface area contributed by atoms with Crippen molar-refractivity contribution in [1.29, 1.82) is 0 Å². The van der Waals surface area contributed by atoms with E-state index in [2.05, 4.69) is 15.3 Å². The third-order valence-corrected chi connectivity index (χ3v) is 2.43. The summed E-state index contributed by atoms with van der Waals surface area (Å²) in [5.41, 5.74) is 0.849. The van der Waals surface area contributed by atoms with E-state index >= 15 is 0 Å². The third kappa shape index (κ3) is 2.82. The third-order valence-electron chi connectivity index (χ3n) is 2.43. The lowest BCUT2D eigenvalue weighted by Crippen LogP contribution is -2.34. The molecule has 2 amide bonds. The highest BCUT2D eigenvalue weighted by atomic mass is 16.2. The van der Waals surface area contributed by atoms with Gasteiger partial charge in [0.2, 0.25) is 0 Å². The summed E-state index contributed by atoms with van der Waals surface area (Å²) < 4.78 is 0. The van der Waals surface area contributed by atoms with Crippen molar-refractivity contribution in [2.75, 3.05) is 16.8 Å². The molecule has 0 bridgehead atoms. The molecule has 2 aromatic rings. The maximum absolute atomic E-state index is 12.1. The molecular weight excluding hydrogens is 228 g/mol. The molecule has 0 fully saturated rings. The molecule has 1 aromatic heterocycles. The lowest BCUT2D eigenvalue weighted by molar-refractivity contribution is 0.257. The molecule has 1 N–H and O–H groups in total. The predicted molar refractivity (Wildman–Crippen MR) is 70.5 cm³/mol. The normalized spacial score (nSPS) is 9.83. The van der Waals surface area contributed by atoms with E-state index in [0.717, 1.165) is 5.69 Å². The monoisotopic (exact) mass is 242 g/mol. The highest BCUT2D eigenvalue weighted by molar-refractivity contribution is 6.01. The number of hydrogen-bond acceptors (Lipinski definition) is 3. The number of amides is 2. The van der Waals surface area contributed by atoms with Crippen LogP contribution in [0.1, 0.15) is 6.92 Å². The minimum absolute atomic E-state index is 0.218. The molecule has 0 radical (unpaired) electrons. The van der Waals surface area contributed by atoms with Crippen LogP contribution < -0.4 is 10.2 Å². The highest BCUT2D eigenvalue weighted by Gasteiger charge is 2.13. The minimum Gasteiger partial charge on any atom is -0.294 e. The first kappa shape index (κ1) is 12.0. The van der Waals surface area contributed by atoms with Crippen LogP contribution in [0.3, 0.4) is 0 Å². The van der Waals surface area contributed by atoms with Crippen molar-refractivity contribution in [1.82, 2.24) is 9.97 Å². The van der Waals surface area contributed by atoms with Gasteiger partial charge in [0.15, 0.2) is 5.82 Å². The Labute approximate surface area is 105 Å². The van der Waals surface area contributed by atoms with Crippen LogP contribution in [0.25, 0.3) is 0 Å². The molecule has 1 heterocycles. The summed E-state index contributed by atoms with van der Waals surface area (Å²) in [6, 6.07) is 9.27. The number of anilines is 2. The van der Waals surface area contributed by atoms with Crippen molar-refractivity contribution in [3.8, 4) is 0 Å². The van der Waals surface area contributed by atoms with Crippen LogP contribution in [-0.4, -0.2) is 22.5 Å². The molecule has 0 saturated heterocycles. The number of carbonyl (C=O) groups is 1. The first-order chi connectivity index (χ1) is 8.81. The summed E-state index contributed by atoms with van der Waals surface area (Å²) in [5.74, 6) is 0.442. The van der Waals surface area contributed by atoms with E-state index in [4.69, 9.17) is 0 Å². The number of nitrogens with one attached hydrogen (secondary N) is 1. The summed E-state index contributed by atoms with van der Waals surface area (Å²) >= 11 is 0. The van der Waals surface area contributed by atoms with Gasteiger partial charge in [-0.3, -0.25) is 15.2 Å². The molecule has 18 heavy (non-hydrogen) atoms. The van der Waals surface area contributed by atoms with Crippen molar-refractivity contribution in [3.05, 3.63) is 48.9 Å². The Morgan fingerprint density at radius 2 is 2.06 bits per heavy atom. The van der Waals surface area contributed by atoms with E-state index in [9.17, 15) is 4.79 Å². The standard InChI is InChI=1S/C13H14N4O/c1-2-17(11-6-4-3-5-7-11)13(18)16-12-10-14-8-9-15-12/h3-10H,2H2,1H3,(H,15,16,18). The van der Waals surface area contributed by atoms with Crippen molar-refractivity contribution in [3.63, 3.8) is 0 Å². The van der Waals surface area contributed by atoms with Gasteiger partial charge in [-0.2, -0.15) is 0 Å². The van der Waals surface area contributed by atoms with E-state index in [1.165, 1.54) is 12.4 Å². The molecule has 0 saturated carbocycles. The minimum atomic E-state index is -0.218. The molecule has 1 aromatic carbocycles. The van der Waals surface area contributed by atoms with E-state index in [1.54, 1.807) is 11.1 Å². The van der Waals surface area contributed by atoms with Gasteiger partial charge < -0.3 is 0 Å². The van der Waals surface area contributed by atoms with E-state index in [0.29, 0.717) is 12.4 Å². The molecule has 92 valence electrons. The number of aromatic nitrogens is 2. The number of hydrogen-bond donors (Lipinski definition) is 1. The molecule has 0 aliphatic heterocycles. The second-order valence-corrected chi connectivity index (χ2v) is 3.60. The fourth-order valence-electron chi connectivity index (χ4n) is 1.59. The van der Waals surface area contributed by atoms with E-state index in [-0.39, 0.29) is 6.03 Å². The van der Waals surface area contributed by atoms with Gasteiger partial charge in [-0.25, -0.2) is 9.78 Å². The first-order valence-electron chi connectivity index (χ1n) is 5.71. The van der Waals surface area contributed by atoms with Crippen molar-refractivity contribution >= 4 is 17.5 Å². The maximum atomic E-state index is 12.1. The number of benzene rings is 1. The lowest BCUT2D eigenvalue weighted by Gasteiger charge is -2.20. The van der Waals surface area contributed by atoms with Gasteiger partial charge in [-0.1, -0.05) is 18.2 Å². The highest BCUT2D eigenvalue weighted by Crippen LogP contribution is 2.14. The Morgan fingerprint density at radius 1 is 1.28 bits per heavy atom. The second kappa shape index (κ2) is 5.77. The molecular formula is C13H14N4O. The molecule has 0 unspecified atom stereocenters. The fourth-order valence-corrected chi connectivity index (χ4v) is 1.59. The Bertz CT molecular complexity index is 501. The number of para-hydroxylation sites is 1. The van der Waals surface area contributed by atoms with Gasteiger partial charge in [0.05, 0.1) is 6.20 Å². The molecule has 5 heteroatoms. The first-order valence-corrected chi connectivity index (χ1v) is 5.71. The number of nitrogens with zero attached hydrogens (tertiary/aromatic N) is 3. The lowest BCUT2D eigenvalue weighted by atomic mass is 10.3. The smallest absolute Gasteiger partial charge is 0.294 e. The molecule has 0 aliphatic rings. The zero-order valence-electron chi connectivity index (χ0n) is 10.1. The summed E-state index contributed by atoms with van der Waals surface area (Å²) in [7, 11) is 0. The zero-order valence-corrected chi connectivity index (χ0v) is 10.1. The molecule has 0 aliphatic carbocycles. The van der Waals surface area contributed by atoms with Gasteiger partial charge >= 0.3 is 6.03 Å². The Morgan fingerprint density at radius 3 is 2.67 bits per heavy atom. The summed E-state index contributed by atoms with van der Waals surface area (Å²) in [6.07, 6.45) is 4.61. The van der Waals surface area contributed by atoms with Crippen LogP contribution in [0.5, 0.6) is 0 Å². The van der Waals surface area contributed by atoms with Crippen molar-refractivity contribution < 1.29 is 4.79 Å². The average Bonchev–Trinajstić information content (AvgIpc) is 2.42. The number of carbonyl (C=O) groups excluding carboxylic acids is 1. The van der Waals surface area contributed by atoms with Crippen LogP contribution in [0, 0.1) is 0 Å². The fraction of sp³-hybridized carbons (Fsp3) is 0.154. The summed E-state index contributed by atoms with van der Waals surface area (Å²) in [6.45, 7) is 2.50. The molecule has 0 spiro atoms. The largest absolute Gasteiger partial charge is 0.327 e. The second-order valence-electron chi connectivity index (χ2n) is 3.60. The SMILES string of the molecule is CCN(C(=O)Nc1cnccn1)c1ccccc1. The Kier molecular flexibility index (Phi) is 3.86. The molecule has 2 rings (SSSR count). The van der Waals surface area contributed by atoms with Gasteiger partial charge in [0.25, 0.3) is 0 Å². The number of urea groups is 1. The summed E-state index contributed by atoms with van der Waals surface area (Å²) in [4.78, 5) is 21.6. The van der Waals surface area contributed by atoms with Gasteiger partial charge in [0, 0.05) is 24.6 Å². The predicted octanol–water partition coefficient (Wildman–Crippen LogP) is 2.54. The molecule has 5 nitrogen and oxygen atoms in total. The van der Waals surface area contributed by atoms with Crippen LogP contribution in [0.15, 0.2) is 48.9 Å². The van der Waals surface area contributed by atoms with E-state index < -0.39 is 0 Å². The Hall–Kier alpha value is -2.43. The van der Waals surface area contributed by atoms with Crippen LogP contribution in [0.2, 0.25) is 0 Å². The average molecular weight is 242 g/mol. The van der Waals surface area contributed by atoms with Crippen LogP contribution >= 0.6 is 0 Å². The zero-order chi connectivity index (χ0) is 12.8.